The third-order valence-electron chi connectivity index (χ3n) is 2.23. The van der Waals surface area contributed by atoms with Crippen LogP contribution < -0.4 is 5.56 Å². The van der Waals surface area contributed by atoms with Gasteiger partial charge in [0.2, 0.25) is 0 Å². The van der Waals surface area contributed by atoms with Crippen LogP contribution in [0.5, 0.6) is 0 Å². The summed E-state index contributed by atoms with van der Waals surface area (Å²) in [6.45, 7) is 10.4. The van der Waals surface area contributed by atoms with E-state index in [1.54, 1.807) is 27.7 Å². The van der Waals surface area contributed by atoms with Crippen LogP contribution in [-0.2, 0) is 9.53 Å². The summed E-state index contributed by atoms with van der Waals surface area (Å²) >= 11 is 1.33. The maximum absolute atomic E-state index is 11.5. The van der Waals surface area contributed by atoms with Crippen LogP contribution in [0.3, 0.4) is 0 Å². The first-order valence-electron chi connectivity index (χ1n) is 5.79. The number of thioether (sulfide) groups is 1. The Balaban J connectivity index is 2.64. The maximum atomic E-state index is 11.5. The van der Waals surface area contributed by atoms with Gasteiger partial charge in [-0.15, -0.1) is 0 Å². The molecule has 19 heavy (non-hydrogen) atoms. The molecule has 1 N–H and O–H groups in total. The number of nitrogens with zero attached hydrogens (tertiary/aromatic N) is 1. The van der Waals surface area contributed by atoms with Gasteiger partial charge in [-0.2, -0.15) is 0 Å². The highest BCUT2D eigenvalue weighted by Crippen LogP contribution is 2.22. The fourth-order valence-corrected chi connectivity index (χ4v) is 1.96. The minimum atomic E-state index is -0.663. The van der Waals surface area contributed by atoms with E-state index >= 15 is 0 Å². The fraction of sp³-hybridized carbons (Fsp3) is 0.462. The average molecular weight is 282 g/mol. The van der Waals surface area contributed by atoms with Gasteiger partial charge in [0.15, 0.2) is 5.16 Å². The van der Waals surface area contributed by atoms with Gasteiger partial charge in [-0.1, -0.05) is 18.3 Å². The van der Waals surface area contributed by atoms with Gasteiger partial charge in [-0.3, -0.25) is 4.79 Å². The summed E-state index contributed by atoms with van der Waals surface area (Å²) < 4.78 is 5.30. The number of nitrogens with one attached hydrogen (secondary N) is 1. The lowest BCUT2D eigenvalue weighted by Gasteiger charge is -2.24. The van der Waals surface area contributed by atoms with Gasteiger partial charge in [0, 0.05) is 23.1 Å². The van der Waals surface area contributed by atoms with Crippen LogP contribution in [0.25, 0.3) is 0 Å². The number of aryl methyl sites for hydroxylation is 1. The largest absolute Gasteiger partial charge is 0.455 e. The molecule has 0 atom stereocenters. The third kappa shape index (κ3) is 4.90. The Bertz CT molecular complexity index is 549. The van der Waals surface area contributed by atoms with Gasteiger partial charge in [0.05, 0.1) is 0 Å². The molecule has 0 saturated heterocycles. The molecule has 6 heteroatoms. The van der Waals surface area contributed by atoms with Gasteiger partial charge in [-0.05, 0) is 27.7 Å². The number of aromatic amines is 1. The molecule has 104 valence electrons. The highest BCUT2D eigenvalue weighted by atomic mass is 32.2. The molecule has 1 rings (SSSR count). The van der Waals surface area contributed by atoms with E-state index in [0.717, 1.165) is 0 Å². The van der Waals surface area contributed by atoms with Crippen molar-refractivity contribution in [3.63, 3.8) is 0 Å². The van der Waals surface area contributed by atoms with E-state index in [4.69, 9.17) is 4.74 Å². The molecular weight excluding hydrogens is 264 g/mol. The van der Waals surface area contributed by atoms with Crippen molar-refractivity contribution in [3.8, 4) is 0 Å². The zero-order valence-electron chi connectivity index (χ0n) is 11.6. The van der Waals surface area contributed by atoms with Crippen LogP contribution in [0, 0.1) is 6.92 Å². The number of carbonyl (C=O) groups excluding carboxylic acids is 1. The Morgan fingerprint density at radius 1 is 1.58 bits per heavy atom. The third-order valence-corrected chi connectivity index (χ3v) is 3.55. The lowest BCUT2D eigenvalue weighted by Crippen LogP contribution is -2.31. The first-order valence-corrected chi connectivity index (χ1v) is 6.77. The summed E-state index contributed by atoms with van der Waals surface area (Å²) in [5, 5.41) is 0.509. The highest BCUT2D eigenvalue weighted by Gasteiger charge is 2.24. The molecule has 0 aliphatic heterocycles. The van der Waals surface area contributed by atoms with E-state index in [1.165, 1.54) is 18.0 Å². The quantitative estimate of drug-likeness (QED) is 0.387. The molecular formula is C13H18N2O3S. The molecule has 1 heterocycles. The summed E-state index contributed by atoms with van der Waals surface area (Å²) in [5.74, 6) is 0.0637. The minimum absolute atomic E-state index is 0.158. The van der Waals surface area contributed by atoms with Gasteiger partial charge >= 0.3 is 5.97 Å². The van der Waals surface area contributed by atoms with Crippen molar-refractivity contribution in [2.75, 3.05) is 5.75 Å². The van der Waals surface area contributed by atoms with Crippen LogP contribution in [0.1, 0.15) is 26.3 Å². The maximum Gasteiger partial charge on any atom is 0.333 e. The Hall–Kier alpha value is -1.56. The normalized spacial score (nSPS) is 11.2. The minimum Gasteiger partial charge on any atom is -0.455 e. The smallest absolute Gasteiger partial charge is 0.333 e. The summed E-state index contributed by atoms with van der Waals surface area (Å²) in [5.41, 5.74) is 0.107. The fourth-order valence-electron chi connectivity index (χ4n) is 1.13. The molecule has 0 saturated carbocycles. The van der Waals surface area contributed by atoms with E-state index in [2.05, 4.69) is 16.5 Å². The predicted octanol–water partition coefficient (Wildman–Crippen LogP) is 2.07. The molecule has 0 radical (unpaired) electrons. The second-order valence-corrected chi connectivity index (χ2v) is 5.88. The van der Waals surface area contributed by atoms with Crippen molar-refractivity contribution in [2.24, 2.45) is 0 Å². The Morgan fingerprint density at radius 2 is 2.21 bits per heavy atom. The number of aromatic nitrogens is 2. The van der Waals surface area contributed by atoms with Crippen molar-refractivity contribution >= 4 is 17.7 Å². The number of rotatable bonds is 5. The topological polar surface area (TPSA) is 72.0 Å². The van der Waals surface area contributed by atoms with Crippen LogP contribution in [0.4, 0.5) is 0 Å². The number of carbonyl (C=O) groups is 1. The van der Waals surface area contributed by atoms with Crippen molar-refractivity contribution in [1.29, 1.82) is 0 Å². The SMILES string of the molecule is C=C(C)C(=O)OC(C)(C)CSc1ncc(C)c(=O)[nH]1. The second-order valence-electron chi connectivity index (χ2n) is 4.92. The summed E-state index contributed by atoms with van der Waals surface area (Å²) in [6, 6.07) is 0. The number of ether oxygens (including phenoxy) is 1. The molecule has 0 spiro atoms. The van der Waals surface area contributed by atoms with E-state index in [0.29, 0.717) is 22.0 Å². The second kappa shape index (κ2) is 6.06. The molecule has 0 unspecified atom stereocenters. The molecule has 1 aromatic rings. The molecule has 5 nitrogen and oxygen atoms in total. The Labute approximate surface area is 116 Å². The van der Waals surface area contributed by atoms with Crippen LogP contribution in [0.2, 0.25) is 0 Å². The van der Waals surface area contributed by atoms with Crippen LogP contribution in [-0.4, -0.2) is 27.3 Å². The zero-order chi connectivity index (χ0) is 14.6. The van der Waals surface area contributed by atoms with Crippen molar-refractivity contribution < 1.29 is 9.53 Å². The lowest BCUT2D eigenvalue weighted by molar-refractivity contribution is -0.149. The van der Waals surface area contributed by atoms with E-state index in [9.17, 15) is 9.59 Å². The molecule has 0 aromatic carbocycles. The van der Waals surface area contributed by atoms with E-state index in [1.807, 2.05) is 0 Å². The van der Waals surface area contributed by atoms with E-state index < -0.39 is 11.6 Å². The Morgan fingerprint density at radius 3 is 2.74 bits per heavy atom. The molecule has 1 aromatic heterocycles. The standard InChI is InChI=1S/C13H18N2O3S/c1-8(2)11(17)18-13(4,5)7-19-12-14-6-9(3)10(16)15-12/h6H,1,7H2,2-5H3,(H,14,15,16). The molecule has 0 amide bonds. The highest BCUT2D eigenvalue weighted by molar-refractivity contribution is 7.99. The van der Waals surface area contributed by atoms with Crippen molar-refractivity contribution in [1.82, 2.24) is 9.97 Å². The molecule has 0 fully saturated rings. The average Bonchev–Trinajstić information content (AvgIpc) is 2.30. The van der Waals surface area contributed by atoms with Gasteiger partial charge in [0.25, 0.3) is 5.56 Å². The monoisotopic (exact) mass is 282 g/mol. The molecule has 0 bridgehead atoms. The van der Waals surface area contributed by atoms with Crippen LogP contribution >= 0.6 is 11.8 Å². The molecule has 0 aliphatic rings. The summed E-state index contributed by atoms with van der Waals surface area (Å²) in [7, 11) is 0. The number of hydrogen-bond donors (Lipinski definition) is 1. The lowest BCUT2D eigenvalue weighted by atomic mass is 10.2. The van der Waals surface area contributed by atoms with Gasteiger partial charge < -0.3 is 9.72 Å². The summed E-state index contributed by atoms with van der Waals surface area (Å²) in [4.78, 5) is 29.7. The summed E-state index contributed by atoms with van der Waals surface area (Å²) in [6.07, 6.45) is 1.52. The first kappa shape index (κ1) is 15.5. The van der Waals surface area contributed by atoms with Gasteiger partial charge in [-0.25, -0.2) is 9.78 Å². The number of esters is 1. The van der Waals surface area contributed by atoms with Crippen molar-refractivity contribution in [2.45, 2.75) is 38.5 Å². The van der Waals surface area contributed by atoms with E-state index in [-0.39, 0.29) is 5.56 Å². The van der Waals surface area contributed by atoms with Crippen LogP contribution in [0.15, 0.2) is 28.3 Å². The zero-order valence-corrected chi connectivity index (χ0v) is 12.4. The van der Waals surface area contributed by atoms with Crippen molar-refractivity contribution in [3.05, 3.63) is 34.3 Å². The Kier molecular flexibility index (Phi) is 4.94. The number of hydrogen-bond acceptors (Lipinski definition) is 5. The van der Waals surface area contributed by atoms with Gasteiger partial charge in [0.1, 0.15) is 5.60 Å². The predicted molar refractivity (Wildman–Crippen MR) is 75.3 cm³/mol. The first-order chi connectivity index (χ1) is 8.71. The number of H-pyrrole nitrogens is 1. The molecule has 0 aliphatic carbocycles.